The first-order valence-electron chi connectivity index (χ1n) is 10.5. The number of nitro groups is 2. The van der Waals surface area contributed by atoms with Gasteiger partial charge in [-0.15, -0.1) is 0 Å². The van der Waals surface area contributed by atoms with Gasteiger partial charge in [-0.1, -0.05) is 0 Å². The van der Waals surface area contributed by atoms with E-state index in [2.05, 4.69) is 30.8 Å². The van der Waals surface area contributed by atoms with Crippen LogP contribution in [0.3, 0.4) is 0 Å². The van der Waals surface area contributed by atoms with Crippen molar-refractivity contribution in [2.24, 2.45) is 5.10 Å². The summed E-state index contributed by atoms with van der Waals surface area (Å²) in [6.45, 7) is 3.41. The van der Waals surface area contributed by atoms with Gasteiger partial charge >= 0.3 is 0 Å². The molecular formula is C21H21N9O4. The molecule has 0 saturated carbocycles. The van der Waals surface area contributed by atoms with Crippen molar-refractivity contribution < 1.29 is 9.85 Å². The van der Waals surface area contributed by atoms with Gasteiger partial charge in [0.05, 0.1) is 15.6 Å². The molecule has 0 spiro atoms. The fourth-order valence-electron chi connectivity index (χ4n) is 3.35. The smallest absolute Gasteiger partial charge is 0.269 e. The third kappa shape index (κ3) is 5.38. The number of anilines is 4. The third-order valence-electron chi connectivity index (χ3n) is 5.17. The van der Waals surface area contributed by atoms with Crippen LogP contribution in [-0.4, -0.2) is 43.6 Å². The van der Waals surface area contributed by atoms with Gasteiger partial charge in [0.25, 0.3) is 11.4 Å². The highest BCUT2D eigenvalue weighted by Gasteiger charge is 2.18. The zero-order chi connectivity index (χ0) is 24.1. The van der Waals surface area contributed by atoms with E-state index in [-0.39, 0.29) is 23.3 Å². The Hall–Kier alpha value is -4.68. The number of hydrogen-bond acceptors (Lipinski definition) is 11. The third-order valence-corrected chi connectivity index (χ3v) is 5.17. The number of hydrogen-bond donors (Lipinski definition) is 2. The second-order valence-corrected chi connectivity index (χ2v) is 7.52. The van der Waals surface area contributed by atoms with Crippen molar-refractivity contribution >= 4 is 40.6 Å². The van der Waals surface area contributed by atoms with Crippen LogP contribution in [0, 0.1) is 20.2 Å². The summed E-state index contributed by atoms with van der Waals surface area (Å²) in [6, 6.07) is 12.0. The Morgan fingerprint density at radius 1 is 0.882 bits per heavy atom. The van der Waals surface area contributed by atoms with Gasteiger partial charge < -0.3 is 10.2 Å². The van der Waals surface area contributed by atoms with Crippen molar-refractivity contribution in [1.82, 2.24) is 15.0 Å². The van der Waals surface area contributed by atoms with Crippen LogP contribution in [0.1, 0.15) is 25.3 Å². The fourth-order valence-corrected chi connectivity index (χ4v) is 3.35. The van der Waals surface area contributed by atoms with Gasteiger partial charge in [0.1, 0.15) is 0 Å². The van der Waals surface area contributed by atoms with Crippen LogP contribution in [0.2, 0.25) is 0 Å². The quantitative estimate of drug-likeness (QED) is 0.284. The van der Waals surface area contributed by atoms with E-state index in [1.165, 1.54) is 24.3 Å². The van der Waals surface area contributed by atoms with Gasteiger partial charge in [0.2, 0.25) is 17.8 Å². The first-order valence-corrected chi connectivity index (χ1v) is 10.5. The maximum Gasteiger partial charge on any atom is 0.269 e. The second-order valence-electron chi connectivity index (χ2n) is 7.52. The lowest BCUT2D eigenvalue weighted by Gasteiger charge is -2.16. The fraction of sp³-hybridized carbons (Fsp3) is 0.238. The van der Waals surface area contributed by atoms with E-state index >= 15 is 0 Å². The highest BCUT2D eigenvalue weighted by atomic mass is 16.6. The molecule has 1 fully saturated rings. The lowest BCUT2D eigenvalue weighted by atomic mass is 10.1. The monoisotopic (exact) mass is 463 g/mol. The molecule has 2 N–H and O–H groups in total. The number of rotatable bonds is 8. The van der Waals surface area contributed by atoms with E-state index in [4.69, 9.17) is 0 Å². The Kier molecular flexibility index (Phi) is 6.52. The average molecular weight is 463 g/mol. The van der Waals surface area contributed by atoms with Gasteiger partial charge in [0, 0.05) is 43.0 Å². The minimum Gasteiger partial charge on any atom is -0.341 e. The molecular weight excluding hydrogens is 442 g/mol. The average Bonchev–Trinajstić information content (AvgIpc) is 3.38. The van der Waals surface area contributed by atoms with Crippen molar-refractivity contribution in [3.63, 3.8) is 0 Å². The van der Waals surface area contributed by atoms with Crippen molar-refractivity contribution in [2.45, 2.75) is 19.8 Å². The normalized spacial score (nSPS) is 13.6. The number of benzene rings is 2. The standard InChI is InChI=1S/C21H21N9O4/c1-14(15-4-8-17(9-5-15)29(31)32)26-27-20-23-19(24-21(25-20)28-12-2-3-13-28)22-16-6-10-18(11-7-16)30(33)34/h4-11H,2-3,12-13H2,1H3,(H2,22,23,24,25,27)/b26-14+. The zero-order valence-corrected chi connectivity index (χ0v) is 18.2. The van der Waals surface area contributed by atoms with Crippen LogP contribution in [-0.2, 0) is 0 Å². The molecule has 3 aromatic rings. The van der Waals surface area contributed by atoms with Gasteiger partial charge in [-0.3, -0.25) is 20.2 Å². The summed E-state index contributed by atoms with van der Waals surface area (Å²) in [6.07, 6.45) is 2.08. The summed E-state index contributed by atoms with van der Waals surface area (Å²) in [5, 5.41) is 29.1. The SMILES string of the molecule is C/C(=N\Nc1nc(Nc2ccc([N+](=O)[O-])cc2)nc(N2CCCC2)n1)c1ccc([N+](=O)[O-])cc1. The second kappa shape index (κ2) is 9.85. The lowest BCUT2D eigenvalue weighted by molar-refractivity contribution is -0.385. The van der Waals surface area contributed by atoms with Crippen LogP contribution in [0.4, 0.5) is 34.9 Å². The zero-order valence-electron chi connectivity index (χ0n) is 18.2. The summed E-state index contributed by atoms with van der Waals surface area (Å²) >= 11 is 0. The molecule has 0 atom stereocenters. The largest absolute Gasteiger partial charge is 0.341 e. The highest BCUT2D eigenvalue weighted by Crippen LogP contribution is 2.22. The first kappa shape index (κ1) is 22.5. The van der Waals surface area contributed by atoms with Gasteiger partial charge in [-0.05, 0) is 49.6 Å². The molecule has 13 heteroatoms. The Morgan fingerprint density at radius 2 is 1.44 bits per heavy atom. The summed E-state index contributed by atoms with van der Waals surface area (Å²) in [7, 11) is 0. The molecule has 0 aliphatic carbocycles. The number of nitrogens with one attached hydrogen (secondary N) is 2. The number of aromatic nitrogens is 3. The molecule has 0 unspecified atom stereocenters. The number of nitrogens with zero attached hydrogens (tertiary/aromatic N) is 7. The minimum absolute atomic E-state index is 0.000749. The highest BCUT2D eigenvalue weighted by molar-refractivity contribution is 5.99. The van der Waals surface area contributed by atoms with Crippen LogP contribution in [0.5, 0.6) is 0 Å². The Bertz CT molecular complexity index is 1220. The Balaban J connectivity index is 1.56. The maximum absolute atomic E-state index is 10.9. The Morgan fingerprint density at radius 3 is 2.03 bits per heavy atom. The van der Waals surface area contributed by atoms with Gasteiger partial charge in [-0.2, -0.15) is 20.1 Å². The molecule has 2 aromatic carbocycles. The molecule has 4 rings (SSSR count). The van der Waals surface area contributed by atoms with Crippen LogP contribution in [0.25, 0.3) is 0 Å². The number of nitro benzene ring substituents is 2. The van der Waals surface area contributed by atoms with Crippen LogP contribution >= 0.6 is 0 Å². The summed E-state index contributed by atoms with van der Waals surface area (Å²) in [4.78, 5) is 36.1. The number of non-ortho nitro benzene ring substituents is 2. The number of hydrazone groups is 1. The molecule has 1 aliphatic rings. The first-order chi connectivity index (χ1) is 16.4. The van der Waals surface area contributed by atoms with Gasteiger partial charge in [0.15, 0.2) is 0 Å². The van der Waals surface area contributed by atoms with E-state index in [0.29, 0.717) is 22.9 Å². The Labute approximate surface area is 193 Å². The van der Waals surface area contributed by atoms with Crippen molar-refractivity contribution in [2.75, 3.05) is 28.7 Å². The molecule has 2 heterocycles. The molecule has 0 bridgehead atoms. The van der Waals surface area contributed by atoms with Gasteiger partial charge in [-0.25, -0.2) is 5.43 Å². The summed E-state index contributed by atoms with van der Waals surface area (Å²) < 4.78 is 0. The van der Waals surface area contributed by atoms with Crippen molar-refractivity contribution in [3.05, 3.63) is 74.3 Å². The molecule has 174 valence electrons. The predicted octanol–water partition coefficient (Wildman–Crippen LogP) is 3.87. The molecule has 1 saturated heterocycles. The van der Waals surface area contributed by atoms with Crippen molar-refractivity contribution in [1.29, 1.82) is 0 Å². The topological polar surface area (TPSA) is 165 Å². The van der Waals surface area contributed by atoms with E-state index in [9.17, 15) is 20.2 Å². The predicted molar refractivity (Wildman–Crippen MR) is 127 cm³/mol. The van der Waals surface area contributed by atoms with Crippen LogP contribution < -0.4 is 15.6 Å². The molecule has 13 nitrogen and oxygen atoms in total. The maximum atomic E-state index is 10.9. The molecule has 34 heavy (non-hydrogen) atoms. The molecule has 1 aromatic heterocycles. The van der Waals surface area contributed by atoms with Crippen molar-refractivity contribution in [3.8, 4) is 0 Å². The lowest BCUT2D eigenvalue weighted by Crippen LogP contribution is -2.22. The van der Waals surface area contributed by atoms with E-state index in [0.717, 1.165) is 25.9 Å². The van der Waals surface area contributed by atoms with E-state index in [1.807, 2.05) is 4.90 Å². The van der Waals surface area contributed by atoms with Crippen LogP contribution in [0.15, 0.2) is 53.6 Å². The van der Waals surface area contributed by atoms with E-state index < -0.39 is 9.85 Å². The summed E-state index contributed by atoms with van der Waals surface area (Å²) in [5.74, 6) is 0.960. The minimum atomic E-state index is -0.467. The molecule has 0 amide bonds. The molecule has 1 aliphatic heterocycles. The molecule has 0 radical (unpaired) electrons. The van der Waals surface area contributed by atoms with E-state index in [1.54, 1.807) is 31.2 Å². The summed E-state index contributed by atoms with van der Waals surface area (Å²) in [5.41, 5.74) is 4.69.